The van der Waals surface area contributed by atoms with Gasteiger partial charge in [0.25, 0.3) is 11.7 Å². The van der Waals surface area contributed by atoms with Crippen LogP contribution in [0.2, 0.25) is 0 Å². The normalized spacial score (nSPS) is 10.6. The molecule has 0 atom stereocenters. The number of aromatic nitrogens is 2. The summed E-state index contributed by atoms with van der Waals surface area (Å²) in [7, 11) is 1.77. The average Bonchev–Trinajstić information content (AvgIpc) is 2.92. The summed E-state index contributed by atoms with van der Waals surface area (Å²) in [6.45, 7) is 3.87. The second-order valence-corrected chi connectivity index (χ2v) is 6.21. The highest BCUT2D eigenvalue weighted by molar-refractivity contribution is 6.47. The lowest BCUT2D eigenvalue weighted by atomic mass is 10.1. The van der Waals surface area contributed by atoms with Crippen LogP contribution in [0.1, 0.15) is 27.3 Å². The molecule has 3 aromatic rings. The van der Waals surface area contributed by atoms with E-state index in [1.165, 1.54) is 4.90 Å². The van der Waals surface area contributed by atoms with Crippen LogP contribution in [0.5, 0.6) is 0 Å². The number of carbonyl (C=O) groups excluding carboxylic acids is 2. The molecule has 0 aliphatic carbocycles. The fourth-order valence-electron chi connectivity index (χ4n) is 2.99. The second kappa shape index (κ2) is 7.35. The third kappa shape index (κ3) is 3.42. The Morgan fingerprint density at radius 1 is 0.962 bits per heavy atom. The Kier molecular flexibility index (Phi) is 4.98. The van der Waals surface area contributed by atoms with Crippen molar-refractivity contribution in [3.05, 3.63) is 83.2 Å². The predicted octanol–water partition coefficient (Wildman–Crippen LogP) is 3.45. The minimum atomic E-state index is -0.556. The molecular weight excluding hydrogens is 326 g/mol. The predicted molar refractivity (Wildman–Crippen MR) is 101 cm³/mol. The maximum Gasteiger partial charge on any atom is 0.299 e. The molecule has 5 nitrogen and oxygen atoms in total. The molecule has 0 fully saturated rings. The van der Waals surface area contributed by atoms with Crippen molar-refractivity contribution < 1.29 is 9.59 Å². The van der Waals surface area contributed by atoms with Crippen molar-refractivity contribution in [3.8, 4) is 0 Å². The SMILES string of the molecule is Cc1nn(C)c(C)c1C(=O)C(=O)N(Cc1ccccc1)c1ccccc1. The lowest BCUT2D eigenvalue weighted by molar-refractivity contribution is -0.114. The van der Waals surface area contributed by atoms with Crippen molar-refractivity contribution in [2.45, 2.75) is 20.4 Å². The first-order valence-corrected chi connectivity index (χ1v) is 8.44. The molecular formula is C21H21N3O2. The van der Waals surface area contributed by atoms with Gasteiger partial charge in [0.2, 0.25) is 0 Å². The second-order valence-electron chi connectivity index (χ2n) is 6.21. The van der Waals surface area contributed by atoms with Gasteiger partial charge in [0, 0.05) is 18.4 Å². The van der Waals surface area contributed by atoms with Gasteiger partial charge in [-0.05, 0) is 31.5 Å². The highest BCUT2D eigenvalue weighted by atomic mass is 16.2. The monoisotopic (exact) mass is 347 g/mol. The van der Waals surface area contributed by atoms with Crippen molar-refractivity contribution in [3.63, 3.8) is 0 Å². The van der Waals surface area contributed by atoms with Crippen LogP contribution in [0.15, 0.2) is 60.7 Å². The summed E-state index contributed by atoms with van der Waals surface area (Å²) in [5.74, 6) is -1.09. The summed E-state index contributed by atoms with van der Waals surface area (Å²) in [5.41, 5.74) is 3.28. The number of ketones is 1. The summed E-state index contributed by atoms with van der Waals surface area (Å²) in [6, 6.07) is 18.9. The van der Waals surface area contributed by atoms with Crippen LogP contribution in [0.3, 0.4) is 0 Å². The molecule has 0 radical (unpaired) electrons. The molecule has 0 spiro atoms. The van der Waals surface area contributed by atoms with E-state index < -0.39 is 11.7 Å². The summed E-state index contributed by atoms with van der Waals surface area (Å²) < 4.78 is 1.62. The fourth-order valence-corrected chi connectivity index (χ4v) is 2.99. The first-order chi connectivity index (χ1) is 12.5. The number of hydrogen-bond acceptors (Lipinski definition) is 3. The molecule has 26 heavy (non-hydrogen) atoms. The van der Waals surface area contributed by atoms with E-state index in [-0.39, 0.29) is 0 Å². The zero-order valence-electron chi connectivity index (χ0n) is 15.1. The maximum absolute atomic E-state index is 13.1. The molecule has 0 saturated carbocycles. The molecule has 1 aromatic heterocycles. The van der Waals surface area contributed by atoms with E-state index in [0.29, 0.717) is 29.2 Å². The molecule has 0 aliphatic rings. The Labute approximate surface area is 152 Å². The Bertz CT molecular complexity index is 931. The molecule has 0 bridgehead atoms. The number of carbonyl (C=O) groups is 2. The number of para-hydroxylation sites is 1. The van der Waals surface area contributed by atoms with Crippen LogP contribution in [0.4, 0.5) is 5.69 Å². The minimum absolute atomic E-state index is 0.327. The highest BCUT2D eigenvalue weighted by Gasteiger charge is 2.29. The first kappa shape index (κ1) is 17.6. The molecule has 2 aromatic carbocycles. The van der Waals surface area contributed by atoms with Crippen molar-refractivity contribution in [1.82, 2.24) is 9.78 Å². The zero-order valence-corrected chi connectivity index (χ0v) is 15.1. The summed E-state index contributed by atoms with van der Waals surface area (Å²) in [5, 5.41) is 4.26. The van der Waals surface area contributed by atoms with Gasteiger partial charge in [-0.25, -0.2) is 0 Å². The molecule has 132 valence electrons. The third-order valence-electron chi connectivity index (χ3n) is 4.43. The number of rotatable bonds is 5. The third-order valence-corrected chi connectivity index (χ3v) is 4.43. The molecule has 3 rings (SSSR count). The lowest BCUT2D eigenvalue weighted by Gasteiger charge is -2.22. The van der Waals surface area contributed by atoms with E-state index in [1.807, 2.05) is 60.7 Å². The van der Waals surface area contributed by atoms with Gasteiger partial charge in [-0.3, -0.25) is 14.3 Å². The number of hydrogen-bond donors (Lipinski definition) is 0. The molecule has 0 unspecified atom stereocenters. The van der Waals surface area contributed by atoms with E-state index >= 15 is 0 Å². The summed E-state index contributed by atoms with van der Waals surface area (Å²) in [6.07, 6.45) is 0. The number of benzene rings is 2. The van der Waals surface area contributed by atoms with E-state index in [2.05, 4.69) is 5.10 Å². The standard InChI is InChI=1S/C21H21N3O2/c1-15-19(16(2)23(3)22-15)20(25)21(26)24(18-12-8-5-9-13-18)14-17-10-6-4-7-11-17/h4-13H,14H2,1-3H3. The van der Waals surface area contributed by atoms with E-state index in [9.17, 15) is 9.59 Å². The van der Waals surface area contributed by atoms with Gasteiger partial charge in [-0.1, -0.05) is 48.5 Å². The molecule has 1 heterocycles. The molecule has 5 heteroatoms. The van der Waals surface area contributed by atoms with Crippen molar-refractivity contribution >= 4 is 17.4 Å². The van der Waals surface area contributed by atoms with Crippen LogP contribution >= 0.6 is 0 Å². The summed E-state index contributed by atoms with van der Waals surface area (Å²) in [4.78, 5) is 27.6. The molecule has 1 amide bonds. The number of aryl methyl sites for hydroxylation is 2. The Hall–Kier alpha value is -3.21. The van der Waals surface area contributed by atoms with Gasteiger partial charge < -0.3 is 4.90 Å². The first-order valence-electron chi connectivity index (χ1n) is 8.44. The Balaban J connectivity index is 1.98. The smallest absolute Gasteiger partial charge is 0.299 e. The van der Waals surface area contributed by atoms with Crippen LogP contribution in [0, 0.1) is 13.8 Å². The maximum atomic E-state index is 13.1. The Morgan fingerprint density at radius 3 is 2.08 bits per heavy atom. The molecule has 0 N–H and O–H groups in total. The van der Waals surface area contributed by atoms with Crippen LogP contribution < -0.4 is 4.90 Å². The van der Waals surface area contributed by atoms with E-state index in [1.54, 1.807) is 25.6 Å². The number of anilines is 1. The molecule has 0 aliphatic heterocycles. The van der Waals surface area contributed by atoms with Crippen LogP contribution in [-0.2, 0) is 18.4 Å². The van der Waals surface area contributed by atoms with Crippen molar-refractivity contribution in [2.75, 3.05) is 4.90 Å². The van der Waals surface area contributed by atoms with Gasteiger partial charge in [0.15, 0.2) is 0 Å². The quantitative estimate of drug-likeness (QED) is 0.525. The number of amides is 1. The van der Waals surface area contributed by atoms with Gasteiger partial charge in [-0.2, -0.15) is 5.10 Å². The topological polar surface area (TPSA) is 55.2 Å². The lowest BCUT2D eigenvalue weighted by Crippen LogP contribution is -2.36. The van der Waals surface area contributed by atoms with Crippen molar-refractivity contribution in [1.29, 1.82) is 0 Å². The van der Waals surface area contributed by atoms with Crippen LogP contribution in [0.25, 0.3) is 0 Å². The van der Waals surface area contributed by atoms with E-state index in [4.69, 9.17) is 0 Å². The molecule has 0 saturated heterocycles. The average molecular weight is 347 g/mol. The highest BCUT2D eigenvalue weighted by Crippen LogP contribution is 2.20. The number of nitrogens with zero attached hydrogens (tertiary/aromatic N) is 3. The van der Waals surface area contributed by atoms with Crippen LogP contribution in [-0.4, -0.2) is 21.5 Å². The Morgan fingerprint density at radius 2 is 1.54 bits per heavy atom. The van der Waals surface area contributed by atoms with Gasteiger partial charge >= 0.3 is 0 Å². The largest absolute Gasteiger partial charge is 0.301 e. The van der Waals surface area contributed by atoms with Crippen molar-refractivity contribution in [2.24, 2.45) is 7.05 Å². The van der Waals surface area contributed by atoms with Gasteiger partial charge in [0.1, 0.15) is 0 Å². The van der Waals surface area contributed by atoms with Gasteiger partial charge in [-0.15, -0.1) is 0 Å². The van der Waals surface area contributed by atoms with Gasteiger partial charge in [0.05, 0.1) is 17.8 Å². The van der Waals surface area contributed by atoms with E-state index in [0.717, 1.165) is 5.56 Å². The zero-order chi connectivity index (χ0) is 18.7. The number of Topliss-reactive ketones (excluding diaryl/α,β-unsaturated/α-hetero) is 1. The fraction of sp³-hybridized carbons (Fsp3) is 0.190. The summed E-state index contributed by atoms with van der Waals surface area (Å²) >= 11 is 0. The minimum Gasteiger partial charge on any atom is -0.301 e.